The minimum absolute atomic E-state index is 0. The van der Waals surface area contributed by atoms with Gasteiger partial charge in [-0.25, -0.2) is 13.8 Å². The van der Waals surface area contributed by atoms with Crippen molar-refractivity contribution in [1.82, 2.24) is 15.1 Å². The summed E-state index contributed by atoms with van der Waals surface area (Å²) in [5, 5.41) is 3.94. The Bertz CT molecular complexity index is 1230. The lowest BCUT2D eigenvalue weighted by Gasteiger charge is -2.12. The van der Waals surface area contributed by atoms with E-state index in [-0.39, 0.29) is 46.0 Å². The van der Waals surface area contributed by atoms with Crippen LogP contribution in [-0.4, -0.2) is 15.1 Å². The number of H-pyrrole nitrogens is 1. The average Bonchev–Trinajstić information content (AvgIpc) is 3.26. The molecule has 0 atom stereocenters. The van der Waals surface area contributed by atoms with E-state index in [1.165, 1.54) is 6.07 Å². The fourth-order valence-corrected chi connectivity index (χ4v) is 3.11. The number of alkyl halides is 3. The van der Waals surface area contributed by atoms with Gasteiger partial charge in [0.25, 0.3) is 0 Å². The summed E-state index contributed by atoms with van der Waals surface area (Å²) in [6, 6.07) is 6.61. The summed E-state index contributed by atoms with van der Waals surface area (Å²) in [6.45, 7) is 5.72. The zero-order valence-corrected chi connectivity index (χ0v) is 17.4. The Morgan fingerprint density at radius 2 is 1.61 bits per heavy atom. The van der Waals surface area contributed by atoms with Crippen molar-refractivity contribution in [2.75, 3.05) is 0 Å². The van der Waals surface area contributed by atoms with Crippen LogP contribution in [0, 0.1) is 11.6 Å². The third-order valence-electron chi connectivity index (χ3n) is 4.66. The largest absolute Gasteiger partial charge is 0.418 e. The van der Waals surface area contributed by atoms with Gasteiger partial charge in [0, 0.05) is 11.5 Å². The lowest BCUT2D eigenvalue weighted by molar-refractivity contribution is -0.136. The molecule has 2 aromatic carbocycles. The highest BCUT2D eigenvalue weighted by Crippen LogP contribution is 2.39. The standard InChI is InChI=1S/C21H16F5N3O.ClH/c1-20(2,3)16-9-15(30-29-16)19-27-14-8-10(17-12(22)5-4-6-13(17)23)7-11(18(14)28-19)21(24,25)26;/h4-9H,1-3H3,(H,27,28);1H. The van der Waals surface area contributed by atoms with Gasteiger partial charge in [-0.15, -0.1) is 12.4 Å². The quantitative estimate of drug-likeness (QED) is 0.333. The van der Waals surface area contributed by atoms with Gasteiger partial charge in [0.2, 0.25) is 5.76 Å². The fraction of sp³-hybridized carbons (Fsp3) is 0.238. The monoisotopic (exact) mass is 457 g/mol. The molecule has 2 aromatic heterocycles. The summed E-state index contributed by atoms with van der Waals surface area (Å²) in [4.78, 5) is 6.78. The van der Waals surface area contributed by atoms with Crippen molar-refractivity contribution in [3.63, 3.8) is 0 Å². The summed E-state index contributed by atoms with van der Waals surface area (Å²) < 4.78 is 74.7. The van der Waals surface area contributed by atoms with E-state index in [0.29, 0.717) is 11.8 Å². The minimum Gasteiger partial charge on any atom is -0.353 e. The Balaban J connectivity index is 0.00000272. The van der Waals surface area contributed by atoms with Crippen LogP contribution in [0.3, 0.4) is 0 Å². The molecule has 1 N–H and O–H groups in total. The number of benzene rings is 2. The van der Waals surface area contributed by atoms with Gasteiger partial charge in [0.15, 0.2) is 5.82 Å². The zero-order valence-electron chi connectivity index (χ0n) is 16.6. The number of nitrogens with zero attached hydrogens (tertiary/aromatic N) is 2. The first-order valence-corrected chi connectivity index (χ1v) is 8.98. The van der Waals surface area contributed by atoms with E-state index >= 15 is 0 Å². The molecule has 164 valence electrons. The molecule has 0 bridgehead atoms. The van der Waals surface area contributed by atoms with Crippen LogP contribution >= 0.6 is 12.4 Å². The van der Waals surface area contributed by atoms with Crippen LogP contribution in [0.4, 0.5) is 22.0 Å². The lowest BCUT2D eigenvalue weighted by atomic mass is 9.92. The van der Waals surface area contributed by atoms with E-state index in [9.17, 15) is 22.0 Å². The van der Waals surface area contributed by atoms with Gasteiger partial charge >= 0.3 is 6.18 Å². The van der Waals surface area contributed by atoms with E-state index in [1.54, 1.807) is 6.07 Å². The number of imidazole rings is 1. The number of rotatable bonds is 2. The predicted octanol–water partition coefficient (Wildman–Crippen LogP) is 6.90. The predicted molar refractivity (Wildman–Crippen MR) is 108 cm³/mol. The maximum atomic E-state index is 14.2. The molecular formula is C21H17ClF5N3O. The van der Waals surface area contributed by atoms with Gasteiger partial charge in [-0.3, -0.25) is 0 Å². The van der Waals surface area contributed by atoms with E-state index in [1.807, 2.05) is 20.8 Å². The van der Waals surface area contributed by atoms with Gasteiger partial charge in [0.1, 0.15) is 17.2 Å². The van der Waals surface area contributed by atoms with Gasteiger partial charge in [-0.05, 0) is 29.8 Å². The molecular weight excluding hydrogens is 441 g/mol. The topological polar surface area (TPSA) is 54.7 Å². The summed E-state index contributed by atoms with van der Waals surface area (Å²) in [7, 11) is 0. The van der Waals surface area contributed by atoms with Crippen LogP contribution in [0.15, 0.2) is 40.9 Å². The first-order chi connectivity index (χ1) is 13.9. The molecule has 0 aliphatic rings. The second-order valence-corrected chi connectivity index (χ2v) is 7.93. The Kier molecular flexibility index (Phi) is 5.60. The Morgan fingerprint density at radius 3 is 2.16 bits per heavy atom. The molecule has 0 radical (unpaired) electrons. The van der Waals surface area contributed by atoms with Crippen molar-refractivity contribution in [2.24, 2.45) is 0 Å². The summed E-state index contributed by atoms with van der Waals surface area (Å²) in [5.74, 6) is -1.74. The molecule has 0 fully saturated rings. The SMILES string of the molecule is CC(C)(C)c1cc(-c2nc3c(C(F)(F)F)cc(-c4c(F)cccc4F)cc3[nH]2)on1.Cl. The number of hydrogen-bond donors (Lipinski definition) is 1. The van der Waals surface area contributed by atoms with Gasteiger partial charge in [0.05, 0.1) is 22.3 Å². The van der Waals surface area contributed by atoms with E-state index in [0.717, 1.165) is 18.2 Å². The minimum atomic E-state index is -4.79. The van der Waals surface area contributed by atoms with Crippen LogP contribution in [0.1, 0.15) is 32.0 Å². The zero-order chi connectivity index (χ0) is 21.8. The van der Waals surface area contributed by atoms with Crippen molar-refractivity contribution in [2.45, 2.75) is 32.4 Å². The second-order valence-electron chi connectivity index (χ2n) is 7.93. The van der Waals surface area contributed by atoms with Crippen LogP contribution < -0.4 is 0 Å². The Hall–Kier alpha value is -2.94. The molecule has 4 nitrogen and oxygen atoms in total. The molecule has 0 unspecified atom stereocenters. The smallest absolute Gasteiger partial charge is 0.353 e. The van der Waals surface area contributed by atoms with Crippen molar-refractivity contribution in [3.8, 4) is 22.7 Å². The molecule has 4 aromatic rings. The van der Waals surface area contributed by atoms with Crippen LogP contribution in [0.2, 0.25) is 0 Å². The molecule has 0 spiro atoms. The fourth-order valence-electron chi connectivity index (χ4n) is 3.11. The number of hydrogen-bond acceptors (Lipinski definition) is 3. The Labute approximate surface area is 179 Å². The molecule has 0 aliphatic heterocycles. The summed E-state index contributed by atoms with van der Waals surface area (Å²) in [6.07, 6.45) is -4.79. The highest BCUT2D eigenvalue weighted by Gasteiger charge is 2.35. The molecule has 0 amide bonds. The highest BCUT2D eigenvalue weighted by molar-refractivity contribution is 5.88. The van der Waals surface area contributed by atoms with Crippen molar-refractivity contribution >= 4 is 23.4 Å². The molecule has 0 saturated heterocycles. The normalized spacial score (nSPS) is 12.3. The van der Waals surface area contributed by atoms with Crippen LogP contribution in [0.5, 0.6) is 0 Å². The van der Waals surface area contributed by atoms with E-state index in [4.69, 9.17) is 4.52 Å². The average molecular weight is 458 g/mol. The van der Waals surface area contributed by atoms with Crippen LogP contribution in [-0.2, 0) is 11.6 Å². The van der Waals surface area contributed by atoms with E-state index in [2.05, 4.69) is 15.1 Å². The highest BCUT2D eigenvalue weighted by atomic mass is 35.5. The van der Waals surface area contributed by atoms with Gasteiger partial charge in [-0.2, -0.15) is 13.2 Å². The third-order valence-corrected chi connectivity index (χ3v) is 4.66. The number of fused-ring (bicyclic) bond motifs is 1. The lowest BCUT2D eigenvalue weighted by Crippen LogP contribution is -2.10. The molecule has 2 heterocycles. The van der Waals surface area contributed by atoms with Gasteiger partial charge < -0.3 is 9.51 Å². The molecule has 0 saturated carbocycles. The Morgan fingerprint density at radius 1 is 0.968 bits per heavy atom. The molecule has 0 aliphatic carbocycles. The van der Waals surface area contributed by atoms with Crippen molar-refractivity contribution in [3.05, 3.63) is 59.3 Å². The van der Waals surface area contributed by atoms with Crippen LogP contribution in [0.25, 0.3) is 33.7 Å². The molecule has 4 rings (SSSR count). The number of halogens is 6. The number of aromatic amines is 1. The molecule has 10 heteroatoms. The number of aromatic nitrogens is 3. The first-order valence-electron chi connectivity index (χ1n) is 8.98. The van der Waals surface area contributed by atoms with Gasteiger partial charge in [-0.1, -0.05) is 32.0 Å². The van der Waals surface area contributed by atoms with Crippen molar-refractivity contribution in [1.29, 1.82) is 0 Å². The summed E-state index contributed by atoms with van der Waals surface area (Å²) >= 11 is 0. The summed E-state index contributed by atoms with van der Waals surface area (Å²) in [5.41, 5.74) is -2.07. The number of nitrogens with one attached hydrogen (secondary N) is 1. The maximum absolute atomic E-state index is 14.2. The third kappa shape index (κ3) is 4.14. The maximum Gasteiger partial charge on any atom is 0.418 e. The van der Waals surface area contributed by atoms with Crippen molar-refractivity contribution < 1.29 is 26.5 Å². The second kappa shape index (κ2) is 7.64. The first kappa shape index (κ1) is 22.7. The molecule has 31 heavy (non-hydrogen) atoms. The van der Waals surface area contributed by atoms with E-state index < -0.39 is 28.9 Å².